The van der Waals surface area contributed by atoms with Gasteiger partial charge in [-0.2, -0.15) is 0 Å². The summed E-state index contributed by atoms with van der Waals surface area (Å²) >= 11 is 0.315. The van der Waals surface area contributed by atoms with Crippen LogP contribution in [0.15, 0.2) is 28.7 Å². The monoisotopic (exact) mass is 352 g/mol. The summed E-state index contributed by atoms with van der Waals surface area (Å²) in [4.78, 5) is 13.0. The zero-order chi connectivity index (χ0) is 11.1. The van der Waals surface area contributed by atoms with Gasteiger partial charge >= 0.3 is 97.5 Å². The number of fused-ring (bicyclic) bond motifs is 3. The van der Waals surface area contributed by atoms with Crippen LogP contribution in [0.4, 0.5) is 0 Å². The second-order valence-corrected chi connectivity index (χ2v) is 5.51. The van der Waals surface area contributed by atoms with Crippen LogP contribution in [0.25, 0.3) is 15.7 Å². The van der Waals surface area contributed by atoms with Crippen molar-refractivity contribution in [3.8, 4) is 5.75 Å². The molecule has 18 heavy (non-hydrogen) atoms. The van der Waals surface area contributed by atoms with Gasteiger partial charge in [-0.25, -0.2) is 0 Å². The summed E-state index contributed by atoms with van der Waals surface area (Å²) in [5.41, 5.74) is 1.19. The minimum atomic E-state index is -0.908. The van der Waals surface area contributed by atoms with Gasteiger partial charge in [0.2, 0.25) is 0 Å². The molecule has 0 saturated heterocycles. The van der Waals surface area contributed by atoms with Gasteiger partial charge in [-0.05, 0) is 0 Å². The van der Waals surface area contributed by atoms with Gasteiger partial charge in [-0.15, -0.1) is 24.8 Å². The molecule has 1 aromatic carbocycles. The standard InChI is InChI=1S/C12H8O3Se.2ClH/c13-12(14)9-5-8-2-1-7-3-4-16-11(7)10(8)15-6-9;;/h1-5H,6H2,(H,13,14);2*1H. The Morgan fingerprint density at radius 2 is 2.06 bits per heavy atom. The van der Waals surface area contributed by atoms with Gasteiger partial charge in [0.25, 0.3) is 0 Å². The van der Waals surface area contributed by atoms with E-state index in [0.717, 1.165) is 11.3 Å². The summed E-state index contributed by atoms with van der Waals surface area (Å²) in [7, 11) is 0. The Bertz CT molecular complexity index is 619. The van der Waals surface area contributed by atoms with Crippen LogP contribution < -0.4 is 4.74 Å². The fourth-order valence-corrected chi connectivity index (χ4v) is 3.69. The summed E-state index contributed by atoms with van der Waals surface area (Å²) in [5, 5.41) is 10.1. The summed E-state index contributed by atoms with van der Waals surface area (Å²) < 4.78 is 6.79. The van der Waals surface area contributed by atoms with E-state index in [0.29, 0.717) is 20.1 Å². The number of hydrogen-bond acceptors (Lipinski definition) is 2. The molecule has 0 unspecified atom stereocenters. The topological polar surface area (TPSA) is 46.5 Å². The molecule has 1 aliphatic rings. The molecule has 1 aromatic heterocycles. The van der Waals surface area contributed by atoms with E-state index < -0.39 is 5.97 Å². The van der Waals surface area contributed by atoms with Crippen LogP contribution in [0.1, 0.15) is 5.56 Å². The number of carboxylic acid groups (broad SMARTS) is 1. The van der Waals surface area contributed by atoms with Crippen LogP contribution >= 0.6 is 24.8 Å². The van der Waals surface area contributed by atoms with Crippen LogP contribution in [-0.2, 0) is 4.79 Å². The molecule has 0 spiro atoms. The first-order valence-electron chi connectivity index (χ1n) is 4.82. The molecule has 3 rings (SSSR count). The zero-order valence-corrected chi connectivity index (χ0v) is 12.4. The number of ether oxygens (including phenoxy) is 1. The summed E-state index contributed by atoms with van der Waals surface area (Å²) in [6.45, 7) is 0.162. The second kappa shape index (κ2) is 5.81. The molecule has 1 N–H and O–H groups in total. The van der Waals surface area contributed by atoms with E-state index in [1.54, 1.807) is 6.08 Å². The molecule has 3 nitrogen and oxygen atoms in total. The average Bonchev–Trinajstić information content (AvgIpc) is 2.76. The van der Waals surface area contributed by atoms with Crippen molar-refractivity contribution in [2.24, 2.45) is 0 Å². The molecular formula is C12H10Cl2O3Se. The summed E-state index contributed by atoms with van der Waals surface area (Å²) in [6.07, 6.45) is 1.70. The summed E-state index contributed by atoms with van der Waals surface area (Å²) in [5.74, 6) is -0.0396. The first-order chi connectivity index (χ1) is 7.75. The number of rotatable bonds is 1. The third kappa shape index (κ3) is 2.43. The maximum absolute atomic E-state index is 10.8. The molecule has 0 saturated carbocycles. The Morgan fingerprint density at radius 3 is 2.78 bits per heavy atom. The maximum atomic E-state index is 10.8. The fraction of sp³-hybridized carbons (Fsp3) is 0.0833. The van der Waals surface area contributed by atoms with Gasteiger partial charge in [0.1, 0.15) is 0 Å². The third-order valence-electron chi connectivity index (χ3n) is 2.58. The number of halogens is 2. The van der Waals surface area contributed by atoms with E-state index in [4.69, 9.17) is 9.84 Å². The van der Waals surface area contributed by atoms with E-state index in [1.165, 1.54) is 9.65 Å². The van der Waals surface area contributed by atoms with Gasteiger partial charge in [-0.1, -0.05) is 0 Å². The number of aliphatic carboxylic acids is 1. The van der Waals surface area contributed by atoms with E-state index in [2.05, 4.69) is 11.0 Å². The Kier molecular flexibility index (Phi) is 4.88. The van der Waals surface area contributed by atoms with Crippen molar-refractivity contribution in [1.29, 1.82) is 0 Å². The van der Waals surface area contributed by atoms with Crippen molar-refractivity contribution < 1.29 is 14.6 Å². The Hall–Kier alpha value is -0.931. The second-order valence-electron chi connectivity index (χ2n) is 3.59. The molecule has 0 bridgehead atoms. The third-order valence-corrected chi connectivity index (χ3v) is 4.53. The predicted octanol–water partition coefficient (Wildman–Crippen LogP) is 2.60. The quantitative estimate of drug-likeness (QED) is 0.803. The SMILES string of the molecule is Cl.Cl.O=C(O)C1=Cc2ccc3cc[se]c3c2OC1. The molecule has 2 heterocycles. The van der Waals surface area contributed by atoms with Crippen LogP contribution in [0.2, 0.25) is 0 Å². The van der Waals surface area contributed by atoms with Crippen LogP contribution in [0, 0.1) is 0 Å². The average molecular weight is 352 g/mol. The van der Waals surface area contributed by atoms with Crippen molar-refractivity contribution in [3.63, 3.8) is 0 Å². The Balaban J connectivity index is 0.000000810. The van der Waals surface area contributed by atoms with Crippen LogP contribution in [0.3, 0.4) is 0 Å². The number of benzene rings is 1. The van der Waals surface area contributed by atoms with E-state index >= 15 is 0 Å². The number of hydrogen-bond donors (Lipinski definition) is 1. The normalized spacial score (nSPS) is 12.6. The van der Waals surface area contributed by atoms with Gasteiger partial charge in [-0.3, -0.25) is 0 Å². The van der Waals surface area contributed by atoms with E-state index in [1.807, 2.05) is 12.1 Å². The molecule has 6 heteroatoms. The zero-order valence-electron chi connectivity index (χ0n) is 9.08. The summed E-state index contributed by atoms with van der Waals surface area (Å²) in [6, 6.07) is 6.03. The molecule has 1 aliphatic heterocycles. The molecule has 2 aromatic rings. The first kappa shape index (κ1) is 15.1. The van der Waals surface area contributed by atoms with Gasteiger partial charge in [0, 0.05) is 0 Å². The van der Waals surface area contributed by atoms with Gasteiger partial charge < -0.3 is 0 Å². The van der Waals surface area contributed by atoms with Crippen molar-refractivity contribution in [3.05, 3.63) is 34.3 Å². The van der Waals surface area contributed by atoms with Crippen molar-refractivity contribution in [2.45, 2.75) is 0 Å². The molecule has 0 aliphatic carbocycles. The number of carboxylic acids is 1. The molecule has 0 atom stereocenters. The van der Waals surface area contributed by atoms with Crippen LogP contribution in [-0.4, -0.2) is 32.2 Å². The Morgan fingerprint density at radius 1 is 1.28 bits per heavy atom. The van der Waals surface area contributed by atoms with Crippen molar-refractivity contribution in [2.75, 3.05) is 6.61 Å². The first-order valence-corrected chi connectivity index (χ1v) is 6.67. The fourth-order valence-electron chi connectivity index (χ4n) is 1.79. The molecule has 0 radical (unpaired) electrons. The molecular weight excluding hydrogens is 342 g/mol. The molecule has 0 amide bonds. The van der Waals surface area contributed by atoms with E-state index in [-0.39, 0.29) is 31.4 Å². The van der Waals surface area contributed by atoms with Crippen molar-refractivity contribution in [1.82, 2.24) is 0 Å². The Labute approximate surface area is 122 Å². The van der Waals surface area contributed by atoms with Crippen molar-refractivity contribution >= 4 is 61.0 Å². The number of carbonyl (C=O) groups is 1. The van der Waals surface area contributed by atoms with Crippen LogP contribution in [0.5, 0.6) is 5.75 Å². The van der Waals surface area contributed by atoms with Gasteiger partial charge in [0.05, 0.1) is 0 Å². The van der Waals surface area contributed by atoms with E-state index in [9.17, 15) is 4.79 Å². The predicted molar refractivity (Wildman–Crippen MR) is 76.5 cm³/mol. The molecule has 96 valence electrons. The van der Waals surface area contributed by atoms with Gasteiger partial charge in [0.15, 0.2) is 0 Å². The minimum absolute atomic E-state index is 0. The molecule has 0 fully saturated rings.